The maximum absolute atomic E-state index is 11.7. The molecule has 0 spiro atoms. The zero-order chi connectivity index (χ0) is 13.7. The summed E-state index contributed by atoms with van der Waals surface area (Å²) in [7, 11) is 0. The van der Waals surface area contributed by atoms with E-state index in [1.165, 1.54) is 0 Å². The van der Waals surface area contributed by atoms with Crippen molar-refractivity contribution in [1.82, 2.24) is 0 Å². The maximum Gasteiger partial charge on any atom is 0.348 e. The fraction of sp³-hybridized carbons (Fsp3) is 0.364. The summed E-state index contributed by atoms with van der Waals surface area (Å²) in [5.74, 6) is -0.751. The molecule has 1 amide bonds. The lowest BCUT2D eigenvalue weighted by atomic mass is 10.2. The number of amides is 1. The van der Waals surface area contributed by atoms with Gasteiger partial charge in [-0.2, -0.15) is 5.26 Å². The summed E-state index contributed by atoms with van der Waals surface area (Å²) in [4.78, 5) is 23.3. The van der Waals surface area contributed by atoms with Crippen LogP contribution in [0.3, 0.4) is 0 Å². The number of thiophene rings is 1. The van der Waals surface area contributed by atoms with Crippen molar-refractivity contribution in [3.63, 3.8) is 0 Å². The van der Waals surface area contributed by atoms with Crippen LogP contribution in [-0.2, 0) is 9.53 Å². The lowest BCUT2D eigenvalue weighted by Crippen LogP contribution is -2.11. The first kappa shape index (κ1) is 14.7. The Hall–Kier alpha value is -1.39. The van der Waals surface area contributed by atoms with E-state index in [9.17, 15) is 9.59 Å². The molecule has 0 atom stereocenters. The number of rotatable bonds is 4. The predicted molar refractivity (Wildman–Crippen MR) is 72.2 cm³/mol. The molecule has 0 unspecified atom stereocenters. The highest BCUT2D eigenvalue weighted by Gasteiger charge is 2.21. The fourth-order valence-electron chi connectivity index (χ4n) is 1.29. The largest absolute Gasteiger partial charge is 0.462 e. The molecule has 7 heteroatoms. The van der Waals surface area contributed by atoms with Gasteiger partial charge in [-0.15, -0.1) is 11.3 Å². The van der Waals surface area contributed by atoms with E-state index in [-0.39, 0.29) is 17.8 Å². The molecule has 0 aromatic carbocycles. The Kier molecular flexibility index (Phi) is 5.31. The summed E-state index contributed by atoms with van der Waals surface area (Å²) in [6.45, 7) is 3.63. The molecule has 0 saturated carbocycles. The van der Waals surface area contributed by atoms with Crippen molar-refractivity contribution in [3.8, 4) is 6.07 Å². The molecule has 0 bridgehead atoms. The molecular weight excluding hydrogens is 320 g/mol. The van der Waals surface area contributed by atoms with Gasteiger partial charge in [0.1, 0.15) is 15.9 Å². The monoisotopic (exact) mass is 330 g/mol. The van der Waals surface area contributed by atoms with Crippen LogP contribution in [0.4, 0.5) is 5.00 Å². The quantitative estimate of drug-likeness (QED) is 0.679. The molecular formula is C11H11BrN2O3S. The van der Waals surface area contributed by atoms with Gasteiger partial charge in [-0.1, -0.05) is 15.9 Å². The number of esters is 1. The molecule has 96 valence electrons. The van der Waals surface area contributed by atoms with Crippen molar-refractivity contribution in [3.05, 3.63) is 16.0 Å². The van der Waals surface area contributed by atoms with Crippen LogP contribution in [0.5, 0.6) is 0 Å². The van der Waals surface area contributed by atoms with Crippen molar-refractivity contribution in [2.45, 2.75) is 13.8 Å². The number of nitrogens with one attached hydrogen (secondary N) is 1. The highest BCUT2D eigenvalue weighted by Crippen LogP contribution is 2.32. The van der Waals surface area contributed by atoms with Crippen LogP contribution >= 0.6 is 27.3 Å². The van der Waals surface area contributed by atoms with Crippen molar-refractivity contribution >= 4 is 44.1 Å². The molecule has 1 aromatic heterocycles. The highest BCUT2D eigenvalue weighted by atomic mass is 79.9. The van der Waals surface area contributed by atoms with Crippen LogP contribution in [0, 0.1) is 18.3 Å². The minimum absolute atomic E-state index is 0.129. The van der Waals surface area contributed by atoms with Gasteiger partial charge in [0.25, 0.3) is 0 Å². The molecule has 0 aliphatic rings. The molecule has 0 radical (unpaired) electrons. The average molecular weight is 331 g/mol. The number of carbonyl (C=O) groups excluding carboxylic acids is 2. The summed E-state index contributed by atoms with van der Waals surface area (Å²) in [5.41, 5.74) is 0.836. The third-order valence-corrected chi connectivity index (χ3v) is 3.79. The number of alkyl halides is 1. The minimum atomic E-state index is -0.476. The second kappa shape index (κ2) is 6.52. The number of halogens is 1. The van der Waals surface area contributed by atoms with Crippen LogP contribution in [0.25, 0.3) is 0 Å². The summed E-state index contributed by atoms with van der Waals surface area (Å²) >= 11 is 4.07. The molecule has 5 nitrogen and oxygen atoms in total. The smallest absolute Gasteiger partial charge is 0.348 e. The number of nitrogens with zero attached hydrogens (tertiary/aromatic N) is 1. The summed E-state index contributed by atoms with van der Waals surface area (Å²) < 4.78 is 4.89. The molecule has 0 aliphatic carbocycles. The molecule has 0 fully saturated rings. The normalized spacial score (nSPS) is 9.67. The van der Waals surface area contributed by atoms with Crippen molar-refractivity contribution < 1.29 is 14.3 Å². The SMILES string of the molecule is CCOC(=O)c1sc(NC(=O)CBr)c(C#N)c1C. The summed E-state index contributed by atoms with van der Waals surface area (Å²) in [6, 6.07) is 1.98. The zero-order valence-electron chi connectivity index (χ0n) is 9.87. The Morgan fingerprint density at radius 1 is 1.56 bits per heavy atom. The minimum Gasteiger partial charge on any atom is -0.462 e. The predicted octanol–water partition coefficient (Wildman–Crippen LogP) is 2.44. The number of carbonyl (C=O) groups is 2. The van der Waals surface area contributed by atoms with Crippen molar-refractivity contribution in [2.24, 2.45) is 0 Å². The van der Waals surface area contributed by atoms with Gasteiger partial charge in [0.15, 0.2) is 0 Å². The number of hydrogen-bond acceptors (Lipinski definition) is 5. The molecule has 0 aliphatic heterocycles. The number of nitriles is 1. The van der Waals surface area contributed by atoms with E-state index in [0.29, 0.717) is 21.0 Å². The van der Waals surface area contributed by atoms with Crippen molar-refractivity contribution in [2.75, 3.05) is 17.3 Å². The molecule has 1 heterocycles. The van der Waals surface area contributed by atoms with Gasteiger partial charge in [-0.25, -0.2) is 4.79 Å². The van der Waals surface area contributed by atoms with E-state index in [1.807, 2.05) is 6.07 Å². The lowest BCUT2D eigenvalue weighted by molar-refractivity contribution is -0.113. The second-order valence-electron chi connectivity index (χ2n) is 3.27. The first-order valence-corrected chi connectivity index (χ1v) is 7.05. The third kappa shape index (κ3) is 3.09. The fourth-order valence-corrected chi connectivity index (χ4v) is 2.49. The van der Waals surface area contributed by atoms with E-state index in [4.69, 9.17) is 10.00 Å². The lowest BCUT2D eigenvalue weighted by Gasteiger charge is -1.99. The van der Waals surface area contributed by atoms with E-state index in [0.717, 1.165) is 11.3 Å². The topological polar surface area (TPSA) is 79.2 Å². The molecule has 1 N–H and O–H groups in total. The Balaban J connectivity index is 3.14. The van der Waals surface area contributed by atoms with Gasteiger partial charge in [0.2, 0.25) is 5.91 Å². The van der Waals surface area contributed by atoms with Gasteiger partial charge < -0.3 is 10.1 Å². The summed E-state index contributed by atoms with van der Waals surface area (Å²) in [5, 5.41) is 12.1. The molecule has 1 rings (SSSR count). The van der Waals surface area contributed by atoms with Crippen LogP contribution in [0.2, 0.25) is 0 Å². The Labute approximate surface area is 117 Å². The number of anilines is 1. The first-order chi connectivity index (χ1) is 8.54. The van der Waals surface area contributed by atoms with E-state index >= 15 is 0 Å². The Morgan fingerprint density at radius 2 is 2.22 bits per heavy atom. The summed E-state index contributed by atoms with van der Waals surface area (Å²) in [6.07, 6.45) is 0. The average Bonchev–Trinajstić information content (AvgIpc) is 2.65. The van der Waals surface area contributed by atoms with Crippen LogP contribution in [0.1, 0.15) is 27.7 Å². The van der Waals surface area contributed by atoms with E-state index in [1.54, 1.807) is 13.8 Å². The zero-order valence-corrected chi connectivity index (χ0v) is 12.3. The second-order valence-corrected chi connectivity index (χ2v) is 4.86. The van der Waals surface area contributed by atoms with Gasteiger partial charge in [-0.3, -0.25) is 4.79 Å². The molecule has 1 aromatic rings. The Bertz CT molecular complexity index is 519. The van der Waals surface area contributed by atoms with Gasteiger partial charge in [0.05, 0.1) is 17.5 Å². The molecule has 0 saturated heterocycles. The third-order valence-electron chi connectivity index (χ3n) is 2.09. The number of hydrogen-bond donors (Lipinski definition) is 1. The van der Waals surface area contributed by atoms with E-state index < -0.39 is 5.97 Å². The standard InChI is InChI=1S/C11H11BrN2O3S/c1-3-17-11(16)9-6(2)7(5-13)10(18-9)14-8(15)4-12/h3-4H2,1-2H3,(H,14,15). The van der Waals surface area contributed by atoms with Gasteiger partial charge in [-0.05, 0) is 19.4 Å². The van der Waals surface area contributed by atoms with Crippen LogP contribution in [0.15, 0.2) is 0 Å². The number of ether oxygens (including phenoxy) is 1. The van der Waals surface area contributed by atoms with Crippen LogP contribution in [-0.4, -0.2) is 23.8 Å². The Morgan fingerprint density at radius 3 is 2.72 bits per heavy atom. The van der Waals surface area contributed by atoms with Crippen LogP contribution < -0.4 is 5.32 Å². The van der Waals surface area contributed by atoms with Crippen molar-refractivity contribution in [1.29, 1.82) is 5.26 Å². The van der Waals surface area contributed by atoms with E-state index in [2.05, 4.69) is 21.2 Å². The maximum atomic E-state index is 11.7. The van der Waals surface area contributed by atoms with Gasteiger partial charge in [0, 0.05) is 0 Å². The molecule has 18 heavy (non-hydrogen) atoms. The van der Waals surface area contributed by atoms with Gasteiger partial charge >= 0.3 is 5.97 Å². The first-order valence-electron chi connectivity index (χ1n) is 5.11. The highest BCUT2D eigenvalue weighted by molar-refractivity contribution is 9.09.